The molecule has 0 spiro atoms. The summed E-state index contributed by atoms with van der Waals surface area (Å²) in [5.41, 5.74) is 2.91. The lowest BCUT2D eigenvalue weighted by molar-refractivity contribution is -0.00432. The number of hydrogen-bond acceptors (Lipinski definition) is 3. The van der Waals surface area contributed by atoms with Crippen LogP contribution in [-0.4, -0.2) is 54.5 Å². The fourth-order valence-electron chi connectivity index (χ4n) is 3.85. The summed E-state index contributed by atoms with van der Waals surface area (Å²) in [6.07, 6.45) is 3.38. The molecule has 2 amide bonds. The SMILES string of the molecule is C[C@H](O)C[C@H]1COCCN1C(=O)NCCC1Cc2ccccc2C1. The predicted molar refractivity (Wildman–Crippen MR) is 93.0 cm³/mol. The van der Waals surface area contributed by atoms with Gasteiger partial charge in [0.25, 0.3) is 0 Å². The maximum absolute atomic E-state index is 12.5. The van der Waals surface area contributed by atoms with Gasteiger partial charge in [0.2, 0.25) is 0 Å². The van der Waals surface area contributed by atoms with Gasteiger partial charge in [-0.15, -0.1) is 0 Å². The van der Waals surface area contributed by atoms with Crippen molar-refractivity contribution in [3.63, 3.8) is 0 Å². The fraction of sp³-hybridized carbons (Fsp3) is 0.632. The minimum absolute atomic E-state index is 0.0283. The monoisotopic (exact) mass is 332 g/mol. The van der Waals surface area contributed by atoms with E-state index in [0.29, 0.717) is 38.6 Å². The van der Waals surface area contributed by atoms with E-state index in [1.807, 2.05) is 4.90 Å². The number of morpholine rings is 1. The van der Waals surface area contributed by atoms with Gasteiger partial charge in [0.1, 0.15) is 0 Å². The van der Waals surface area contributed by atoms with Gasteiger partial charge in [0.15, 0.2) is 0 Å². The molecule has 1 saturated heterocycles. The third kappa shape index (κ3) is 4.28. The molecule has 2 aliphatic rings. The van der Waals surface area contributed by atoms with Crippen molar-refractivity contribution in [3.05, 3.63) is 35.4 Å². The van der Waals surface area contributed by atoms with Crippen molar-refractivity contribution >= 4 is 6.03 Å². The van der Waals surface area contributed by atoms with Crippen molar-refractivity contribution in [1.82, 2.24) is 10.2 Å². The highest BCUT2D eigenvalue weighted by Gasteiger charge is 2.28. The number of carbonyl (C=O) groups is 1. The number of hydrogen-bond donors (Lipinski definition) is 2. The zero-order valence-corrected chi connectivity index (χ0v) is 14.4. The highest BCUT2D eigenvalue weighted by atomic mass is 16.5. The molecule has 132 valence electrons. The molecule has 1 fully saturated rings. The summed E-state index contributed by atoms with van der Waals surface area (Å²) in [7, 11) is 0. The van der Waals surface area contributed by atoms with Crippen LogP contribution in [-0.2, 0) is 17.6 Å². The fourth-order valence-corrected chi connectivity index (χ4v) is 3.85. The summed E-state index contributed by atoms with van der Waals surface area (Å²) in [5, 5.41) is 12.7. The number of ether oxygens (including phenoxy) is 1. The lowest BCUT2D eigenvalue weighted by atomic mass is 10.0. The second-order valence-corrected chi connectivity index (χ2v) is 7.07. The van der Waals surface area contributed by atoms with Gasteiger partial charge in [-0.05, 0) is 49.7 Å². The van der Waals surface area contributed by atoms with Gasteiger partial charge in [0, 0.05) is 13.1 Å². The first-order valence-corrected chi connectivity index (χ1v) is 9.00. The Labute approximate surface area is 144 Å². The number of carbonyl (C=O) groups excluding carboxylic acids is 1. The van der Waals surface area contributed by atoms with Crippen LogP contribution in [0, 0.1) is 5.92 Å². The minimum Gasteiger partial charge on any atom is -0.393 e. The van der Waals surface area contributed by atoms with Gasteiger partial charge in [-0.25, -0.2) is 4.79 Å². The van der Waals surface area contributed by atoms with Gasteiger partial charge in [-0.3, -0.25) is 0 Å². The molecule has 2 atom stereocenters. The molecule has 1 aliphatic heterocycles. The van der Waals surface area contributed by atoms with Gasteiger partial charge in [-0.2, -0.15) is 0 Å². The highest BCUT2D eigenvalue weighted by Crippen LogP contribution is 2.28. The molecule has 1 heterocycles. The van der Waals surface area contributed by atoms with Crippen molar-refractivity contribution in [3.8, 4) is 0 Å². The molecule has 0 unspecified atom stereocenters. The number of rotatable bonds is 5. The number of nitrogens with zero attached hydrogens (tertiary/aromatic N) is 1. The summed E-state index contributed by atoms with van der Waals surface area (Å²) in [4.78, 5) is 14.3. The number of urea groups is 1. The molecule has 1 aromatic carbocycles. The third-order valence-electron chi connectivity index (χ3n) is 5.07. The lowest BCUT2D eigenvalue weighted by Gasteiger charge is -2.36. The molecule has 0 aromatic heterocycles. The second-order valence-electron chi connectivity index (χ2n) is 7.07. The second kappa shape index (κ2) is 7.99. The molecule has 2 N–H and O–H groups in total. The zero-order chi connectivity index (χ0) is 16.9. The molecule has 1 aliphatic carbocycles. The average molecular weight is 332 g/mol. The first-order valence-electron chi connectivity index (χ1n) is 9.00. The first-order chi connectivity index (χ1) is 11.6. The van der Waals surface area contributed by atoms with E-state index in [-0.39, 0.29) is 12.1 Å². The number of aliphatic hydroxyl groups is 1. The van der Waals surface area contributed by atoms with Crippen LogP contribution in [0.2, 0.25) is 0 Å². The third-order valence-corrected chi connectivity index (χ3v) is 5.07. The Bertz CT molecular complexity index is 536. The molecular weight excluding hydrogens is 304 g/mol. The normalized spacial score (nSPS) is 22.2. The van der Waals surface area contributed by atoms with Gasteiger partial charge in [-0.1, -0.05) is 24.3 Å². The standard InChI is InChI=1S/C19H28N2O3/c1-14(22)10-18-13-24-9-8-21(18)19(23)20-7-6-15-11-16-4-2-3-5-17(16)12-15/h2-5,14-15,18,22H,6-13H2,1H3,(H,20,23)/t14-,18-/m0/s1. The molecule has 24 heavy (non-hydrogen) atoms. The number of nitrogens with one attached hydrogen (secondary N) is 1. The molecule has 0 radical (unpaired) electrons. The van der Waals surface area contributed by atoms with E-state index in [1.165, 1.54) is 11.1 Å². The van der Waals surface area contributed by atoms with E-state index in [4.69, 9.17) is 4.74 Å². The molecule has 1 aromatic rings. The smallest absolute Gasteiger partial charge is 0.317 e. The van der Waals surface area contributed by atoms with E-state index in [1.54, 1.807) is 6.92 Å². The Hall–Kier alpha value is -1.59. The van der Waals surface area contributed by atoms with Gasteiger partial charge in [0.05, 0.1) is 25.4 Å². The Kier molecular flexibility index (Phi) is 5.74. The Morgan fingerprint density at radius 2 is 2.08 bits per heavy atom. The zero-order valence-electron chi connectivity index (χ0n) is 14.4. The summed E-state index contributed by atoms with van der Waals surface area (Å²) >= 11 is 0. The van der Waals surface area contributed by atoms with Crippen molar-refractivity contribution in [2.24, 2.45) is 5.92 Å². The lowest BCUT2D eigenvalue weighted by Crippen LogP contribution is -2.53. The molecule has 0 bridgehead atoms. The van der Waals surface area contributed by atoms with Crippen LogP contribution in [0.4, 0.5) is 4.79 Å². The topological polar surface area (TPSA) is 61.8 Å². The number of amides is 2. The van der Waals surface area contributed by atoms with Crippen LogP contribution in [0.15, 0.2) is 24.3 Å². The van der Waals surface area contributed by atoms with Crippen LogP contribution in [0.3, 0.4) is 0 Å². The summed E-state index contributed by atoms with van der Waals surface area (Å²) < 4.78 is 5.45. The summed E-state index contributed by atoms with van der Waals surface area (Å²) in [6, 6.07) is 8.56. The Morgan fingerprint density at radius 1 is 1.38 bits per heavy atom. The van der Waals surface area contributed by atoms with E-state index in [9.17, 15) is 9.90 Å². The van der Waals surface area contributed by atoms with Crippen molar-refractivity contribution in [2.75, 3.05) is 26.3 Å². The van der Waals surface area contributed by atoms with Crippen LogP contribution < -0.4 is 5.32 Å². The Balaban J connectivity index is 1.44. The van der Waals surface area contributed by atoms with Crippen molar-refractivity contribution < 1.29 is 14.6 Å². The van der Waals surface area contributed by atoms with E-state index < -0.39 is 6.10 Å². The quantitative estimate of drug-likeness (QED) is 0.867. The maximum atomic E-state index is 12.5. The molecule has 5 nitrogen and oxygen atoms in total. The molecule has 0 saturated carbocycles. The maximum Gasteiger partial charge on any atom is 0.317 e. The van der Waals surface area contributed by atoms with Gasteiger partial charge < -0.3 is 20.1 Å². The van der Waals surface area contributed by atoms with E-state index in [2.05, 4.69) is 29.6 Å². The minimum atomic E-state index is -0.427. The van der Waals surface area contributed by atoms with Gasteiger partial charge >= 0.3 is 6.03 Å². The summed E-state index contributed by atoms with van der Waals surface area (Å²) in [6.45, 7) is 4.13. The van der Waals surface area contributed by atoms with Crippen molar-refractivity contribution in [2.45, 2.75) is 44.8 Å². The van der Waals surface area contributed by atoms with E-state index in [0.717, 1.165) is 19.3 Å². The predicted octanol–water partition coefficient (Wildman–Crippen LogP) is 1.97. The number of aliphatic hydroxyl groups excluding tert-OH is 1. The largest absolute Gasteiger partial charge is 0.393 e. The van der Waals surface area contributed by atoms with Crippen LogP contribution >= 0.6 is 0 Å². The summed E-state index contributed by atoms with van der Waals surface area (Å²) in [5.74, 6) is 0.626. The molecule has 5 heteroatoms. The van der Waals surface area contributed by atoms with Crippen LogP contribution in [0.25, 0.3) is 0 Å². The van der Waals surface area contributed by atoms with Crippen LogP contribution in [0.1, 0.15) is 30.9 Å². The average Bonchev–Trinajstić information content (AvgIpc) is 2.97. The Morgan fingerprint density at radius 3 is 2.75 bits per heavy atom. The van der Waals surface area contributed by atoms with E-state index >= 15 is 0 Å². The molecule has 3 rings (SSSR count). The number of benzene rings is 1. The molecular formula is C19H28N2O3. The number of fused-ring (bicyclic) bond motifs is 1. The van der Waals surface area contributed by atoms with Crippen LogP contribution in [0.5, 0.6) is 0 Å². The van der Waals surface area contributed by atoms with Crippen molar-refractivity contribution in [1.29, 1.82) is 0 Å². The highest BCUT2D eigenvalue weighted by molar-refractivity contribution is 5.74. The first kappa shape index (κ1) is 17.2.